The molecule has 0 N–H and O–H groups in total. The van der Waals surface area contributed by atoms with Crippen LogP contribution in [-0.4, -0.2) is 49.4 Å². The van der Waals surface area contributed by atoms with Crippen LogP contribution in [0, 0.1) is 5.92 Å². The molecule has 5 nitrogen and oxygen atoms in total. The van der Waals surface area contributed by atoms with E-state index < -0.39 is 0 Å². The van der Waals surface area contributed by atoms with Crippen LogP contribution in [0.15, 0.2) is 24.3 Å². The number of hydrogen-bond donors (Lipinski definition) is 0. The minimum Gasteiger partial charge on any atom is -0.372 e. The number of hydrogen-bond acceptors (Lipinski definition) is 3. The summed E-state index contributed by atoms with van der Waals surface area (Å²) in [5, 5.41) is 0. The van der Waals surface area contributed by atoms with E-state index in [2.05, 4.69) is 24.0 Å². The zero-order chi connectivity index (χ0) is 19.2. The van der Waals surface area contributed by atoms with Crippen LogP contribution in [-0.2, 0) is 9.59 Å². The lowest BCUT2D eigenvalue weighted by atomic mass is 9.99. The van der Waals surface area contributed by atoms with Gasteiger partial charge in [-0.05, 0) is 55.9 Å². The van der Waals surface area contributed by atoms with E-state index >= 15 is 0 Å². The van der Waals surface area contributed by atoms with Gasteiger partial charge < -0.3 is 14.7 Å². The largest absolute Gasteiger partial charge is 0.372 e. The summed E-state index contributed by atoms with van der Waals surface area (Å²) in [6.07, 6.45) is 6.97. The molecule has 0 saturated carbocycles. The lowest BCUT2D eigenvalue weighted by Crippen LogP contribution is -2.42. The first-order valence-corrected chi connectivity index (χ1v) is 10.5. The minimum atomic E-state index is -0.0854. The van der Waals surface area contributed by atoms with Crippen molar-refractivity contribution in [1.29, 1.82) is 0 Å². The second-order valence-electron chi connectivity index (χ2n) is 8.09. The molecule has 0 radical (unpaired) electrons. The maximum absolute atomic E-state index is 12.7. The Morgan fingerprint density at radius 1 is 0.963 bits per heavy atom. The molecule has 3 rings (SSSR count). The van der Waals surface area contributed by atoms with Crippen LogP contribution >= 0.6 is 0 Å². The van der Waals surface area contributed by atoms with Gasteiger partial charge in [0.1, 0.15) is 6.54 Å². The van der Waals surface area contributed by atoms with Gasteiger partial charge in [-0.1, -0.05) is 19.8 Å². The van der Waals surface area contributed by atoms with Crippen molar-refractivity contribution in [3.05, 3.63) is 24.3 Å². The van der Waals surface area contributed by atoms with Gasteiger partial charge in [-0.25, -0.2) is 0 Å². The quantitative estimate of drug-likeness (QED) is 0.811. The molecule has 2 amide bonds. The molecule has 2 aliphatic rings. The fourth-order valence-corrected chi connectivity index (χ4v) is 4.05. The molecule has 2 saturated heterocycles. The van der Waals surface area contributed by atoms with Crippen LogP contribution in [0.4, 0.5) is 11.4 Å². The predicted molar refractivity (Wildman–Crippen MR) is 110 cm³/mol. The molecule has 27 heavy (non-hydrogen) atoms. The molecule has 0 bridgehead atoms. The molecule has 0 unspecified atom stereocenters. The van der Waals surface area contributed by atoms with Crippen LogP contribution in [0.2, 0.25) is 0 Å². The monoisotopic (exact) mass is 371 g/mol. The molecular formula is C22H33N3O2. The van der Waals surface area contributed by atoms with Gasteiger partial charge in [0.15, 0.2) is 0 Å². The molecule has 2 heterocycles. The lowest BCUT2D eigenvalue weighted by Gasteiger charge is -2.32. The average molecular weight is 372 g/mol. The summed E-state index contributed by atoms with van der Waals surface area (Å²) in [5.41, 5.74) is 2.01. The molecule has 0 aliphatic carbocycles. The molecule has 1 aromatic rings. The van der Waals surface area contributed by atoms with E-state index in [0.717, 1.165) is 50.6 Å². The number of amides is 2. The summed E-state index contributed by atoms with van der Waals surface area (Å²) in [6, 6.07) is 8.12. The Morgan fingerprint density at radius 3 is 2.11 bits per heavy atom. The standard InChI is InChI=1S/C22H33N3O2/c1-18-11-15-23(16-12-18)20-7-9-21(10-8-20)25(19(2)26)17-22(27)24-13-5-3-4-6-14-24/h7-10,18H,3-6,11-17H2,1-2H3. The number of rotatable bonds is 4. The third kappa shape index (κ3) is 5.24. The van der Waals surface area contributed by atoms with Crippen molar-refractivity contribution in [2.45, 2.75) is 52.4 Å². The van der Waals surface area contributed by atoms with E-state index in [1.165, 1.54) is 38.3 Å². The molecule has 0 atom stereocenters. The number of carbonyl (C=O) groups is 2. The van der Waals surface area contributed by atoms with E-state index in [4.69, 9.17) is 0 Å². The number of nitrogens with zero attached hydrogens (tertiary/aromatic N) is 3. The normalized spacial score (nSPS) is 18.9. The Balaban J connectivity index is 1.65. The minimum absolute atomic E-state index is 0.0567. The second kappa shape index (κ2) is 9.25. The Bertz CT molecular complexity index is 627. The summed E-state index contributed by atoms with van der Waals surface area (Å²) in [4.78, 5) is 30.8. The highest BCUT2D eigenvalue weighted by molar-refractivity contribution is 5.97. The second-order valence-corrected chi connectivity index (χ2v) is 8.09. The van der Waals surface area contributed by atoms with E-state index in [1.54, 1.807) is 4.90 Å². The summed E-state index contributed by atoms with van der Waals surface area (Å²) >= 11 is 0. The molecular weight excluding hydrogens is 338 g/mol. The van der Waals surface area contributed by atoms with Gasteiger partial charge >= 0.3 is 0 Å². The Hall–Kier alpha value is -2.04. The zero-order valence-electron chi connectivity index (χ0n) is 16.8. The highest BCUT2D eigenvalue weighted by Crippen LogP contribution is 2.25. The van der Waals surface area contributed by atoms with Crippen LogP contribution in [0.3, 0.4) is 0 Å². The number of anilines is 2. The topological polar surface area (TPSA) is 43.9 Å². The van der Waals surface area contributed by atoms with Crippen molar-refractivity contribution in [1.82, 2.24) is 4.90 Å². The van der Waals surface area contributed by atoms with E-state index in [1.807, 2.05) is 17.0 Å². The predicted octanol–water partition coefficient (Wildman–Crippen LogP) is 3.68. The van der Waals surface area contributed by atoms with Gasteiger partial charge in [0, 0.05) is 44.5 Å². The van der Waals surface area contributed by atoms with Gasteiger partial charge in [-0.3, -0.25) is 9.59 Å². The highest BCUT2D eigenvalue weighted by atomic mass is 16.2. The first-order valence-electron chi connectivity index (χ1n) is 10.5. The van der Waals surface area contributed by atoms with Gasteiger partial charge in [-0.2, -0.15) is 0 Å². The summed E-state index contributed by atoms with van der Waals surface area (Å²) in [7, 11) is 0. The van der Waals surface area contributed by atoms with Gasteiger partial charge in [0.2, 0.25) is 11.8 Å². The number of carbonyl (C=O) groups excluding carboxylic acids is 2. The van der Waals surface area contributed by atoms with E-state index in [0.29, 0.717) is 0 Å². The van der Waals surface area contributed by atoms with Gasteiger partial charge in [0.05, 0.1) is 0 Å². The fraction of sp³-hybridized carbons (Fsp3) is 0.636. The maximum atomic E-state index is 12.7. The Labute approximate surface area is 163 Å². The zero-order valence-corrected chi connectivity index (χ0v) is 16.8. The molecule has 0 spiro atoms. The molecule has 1 aromatic carbocycles. The van der Waals surface area contributed by atoms with Crippen molar-refractivity contribution < 1.29 is 9.59 Å². The van der Waals surface area contributed by atoms with Crippen LogP contribution in [0.1, 0.15) is 52.4 Å². The summed E-state index contributed by atoms with van der Waals surface area (Å²) in [6.45, 7) is 7.79. The third-order valence-corrected chi connectivity index (χ3v) is 5.94. The summed E-state index contributed by atoms with van der Waals surface area (Å²) in [5.74, 6) is 0.776. The van der Waals surface area contributed by atoms with E-state index in [9.17, 15) is 9.59 Å². The first kappa shape index (κ1) is 19.7. The number of benzene rings is 1. The first-order chi connectivity index (χ1) is 13.0. The van der Waals surface area contributed by atoms with Gasteiger partial charge in [-0.15, -0.1) is 0 Å². The molecule has 5 heteroatoms. The Kier molecular flexibility index (Phi) is 6.75. The molecule has 148 valence electrons. The smallest absolute Gasteiger partial charge is 0.242 e. The van der Waals surface area contributed by atoms with Crippen LogP contribution in [0.5, 0.6) is 0 Å². The molecule has 2 aliphatic heterocycles. The Morgan fingerprint density at radius 2 is 1.56 bits per heavy atom. The molecule has 0 aromatic heterocycles. The number of piperidine rings is 1. The van der Waals surface area contributed by atoms with Crippen molar-refractivity contribution >= 4 is 23.2 Å². The van der Waals surface area contributed by atoms with Crippen LogP contribution < -0.4 is 9.80 Å². The van der Waals surface area contributed by atoms with E-state index in [-0.39, 0.29) is 18.4 Å². The number of likely N-dealkylation sites (tertiary alicyclic amines) is 1. The van der Waals surface area contributed by atoms with Crippen molar-refractivity contribution in [3.63, 3.8) is 0 Å². The maximum Gasteiger partial charge on any atom is 0.242 e. The SMILES string of the molecule is CC(=O)N(CC(=O)N1CCCCCC1)c1ccc(N2CCC(C)CC2)cc1. The van der Waals surface area contributed by atoms with Crippen molar-refractivity contribution in [2.24, 2.45) is 5.92 Å². The third-order valence-electron chi connectivity index (χ3n) is 5.94. The summed E-state index contributed by atoms with van der Waals surface area (Å²) < 4.78 is 0. The van der Waals surface area contributed by atoms with Gasteiger partial charge in [0.25, 0.3) is 0 Å². The highest BCUT2D eigenvalue weighted by Gasteiger charge is 2.22. The lowest BCUT2D eigenvalue weighted by molar-refractivity contribution is -0.131. The van der Waals surface area contributed by atoms with Crippen LogP contribution in [0.25, 0.3) is 0 Å². The fourth-order valence-electron chi connectivity index (χ4n) is 4.05. The van der Waals surface area contributed by atoms with Crippen molar-refractivity contribution in [3.8, 4) is 0 Å². The van der Waals surface area contributed by atoms with Crippen molar-refractivity contribution in [2.75, 3.05) is 42.5 Å². The average Bonchev–Trinajstić information content (AvgIpc) is 2.96. The molecule has 2 fully saturated rings.